The van der Waals surface area contributed by atoms with Crippen molar-refractivity contribution in [2.24, 2.45) is 0 Å². The normalized spacial score (nSPS) is 12.3. The molecule has 74 valence electrons. The number of aromatic nitrogens is 2. The number of hydrogen-bond donors (Lipinski definition) is 0. The van der Waals surface area contributed by atoms with E-state index in [1.54, 1.807) is 6.92 Å². The number of nitrogens with zero attached hydrogens (tertiary/aromatic N) is 2. The molecular formula is C7H5BF3N2O-. The lowest BCUT2D eigenvalue weighted by molar-refractivity contribution is 0.443. The van der Waals surface area contributed by atoms with Crippen molar-refractivity contribution in [2.45, 2.75) is 6.92 Å². The van der Waals surface area contributed by atoms with Gasteiger partial charge in [0.05, 0.1) is 11.1 Å². The molecule has 0 unspecified atom stereocenters. The smallest absolute Gasteiger partial charge is 0.445 e. The molecule has 3 nitrogen and oxygen atoms in total. The first kappa shape index (κ1) is 9.05. The Hall–Kier alpha value is -1.53. The van der Waals surface area contributed by atoms with Crippen LogP contribution in [0.25, 0.3) is 11.1 Å². The predicted molar refractivity (Wildman–Crippen MR) is 45.3 cm³/mol. The van der Waals surface area contributed by atoms with Gasteiger partial charge in [-0.25, -0.2) is 4.98 Å². The second kappa shape index (κ2) is 2.73. The summed E-state index contributed by atoms with van der Waals surface area (Å²) < 4.78 is 41.7. The van der Waals surface area contributed by atoms with Crippen molar-refractivity contribution < 1.29 is 17.5 Å². The highest BCUT2D eigenvalue weighted by Gasteiger charge is 2.26. The maximum atomic E-state index is 12.3. The highest BCUT2D eigenvalue weighted by Crippen LogP contribution is 2.16. The second-order valence-corrected chi connectivity index (χ2v) is 2.96. The van der Waals surface area contributed by atoms with Gasteiger partial charge in [-0.05, 0) is 6.92 Å². The molecule has 0 atom stereocenters. The molecule has 0 N–H and O–H groups in total. The summed E-state index contributed by atoms with van der Waals surface area (Å²) in [6.45, 7) is -3.44. The summed E-state index contributed by atoms with van der Waals surface area (Å²) >= 11 is 0. The molecule has 0 saturated carbocycles. The van der Waals surface area contributed by atoms with Gasteiger partial charge >= 0.3 is 6.98 Å². The van der Waals surface area contributed by atoms with E-state index in [9.17, 15) is 12.9 Å². The van der Waals surface area contributed by atoms with Crippen LogP contribution < -0.4 is 5.46 Å². The highest BCUT2D eigenvalue weighted by molar-refractivity contribution is 6.73. The Morgan fingerprint density at radius 1 is 1.36 bits per heavy atom. The van der Waals surface area contributed by atoms with Crippen molar-refractivity contribution in [3.05, 3.63) is 18.0 Å². The fourth-order valence-corrected chi connectivity index (χ4v) is 1.14. The van der Waals surface area contributed by atoms with E-state index in [4.69, 9.17) is 4.52 Å². The zero-order chi connectivity index (χ0) is 10.3. The molecule has 0 saturated heterocycles. The standard InChI is InChI=1S/C7H5BF3N2O/c1-4-6-2-5(8(9,10)11)3-12-7(6)14-13-4/h2-3H,1H3/q-1. The van der Waals surface area contributed by atoms with E-state index in [-0.39, 0.29) is 5.71 Å². The van der Waals surface area contributed by atoms with Gasteiger partial charge in [0.1, 0.15) is 0 Å². The van der Waals surface area contributed by atoms with Crippen LogP contribution in [0.4, 0.5) is 12.9 Å². The third-order valence-electron chi connectivity index (χ3n) is 1.91. The monoisotopic (exact) mass is 201 g/mol. The minimum Gasteiger partial charge on any atom is -0.445 e. The number of rotatable bonds is 1. The van der Waals surface area contributed by atoms with Crippen LogP contribution in [0, 0.1) is 6.92 Å². The van der Waals surface area contributed by atoms with E-state index in [1.165, 1.54) is 0 Å². The molecule has 14 heavy (non-hydrogen) atoms. The molecule has 0 fully saturated rings. The fourth-order valence-electron chi connectivity index (χ4n) is 1.14. The highest BCUT2D eigenvalue weighted by atomic mass is 19.4. The van der Waals surface area contributed by atoms with Crippen LogP contribution in [0.15, 0.2) is 16.8 Å². The molecule has 0 aliphatic rings. The Kier molecular flexibility index (Phi) is 1.76. The van der Waals surface area contributed by atoms with Gasteiger partial charge in [-0.3, -0.25) is 0 Å². The van der Waals surface area contributed by atoms with Crippen molar-refractivity contribution >= 4 is 23.5 Å². The average Bonchev–Trinajstić information content (AvgIpc) is 2.46. The first-order chi connectivity index (χ1) is 6.48. The van der Waals surface area contributed by atoms with Crippen molar-refractivity contribution in [3.63, 3.8) is 0 Å². The third-order valence-corrected chi connectivity index (χ3v) is 1.91. The lowest BCUT2D eigenvalue weighted by Crippen LogP contribution is -2.34. The van der Waals surface area contributed by atoms with Crippen LogP contribution in [0.5, 0.6) is 0 Å². The van der Waals surface area contributed by atoms with Gasteiger partial charge in [0.25, 0.3) is 5.71 Å². The van der Waals surface area contributed by atoms with Gasteiger partial charge in [-0.15, -0.1) is 0 Å². The first-order valence-corrected chi connectivity index (χ1v) is 3.90. The van der Waals surface area contributed by atoms with Gasteiger partial charge in [-0.2, -0.15) is 0 Å². The summed E-state index contributed by atoms with van der Waals surface area (Å²) in [5, 5.41) is 3.83. The fraction of sp³-hybridized carbons (Fsp3) is 0.143. The minimum atomic E-state index is -5.01. The van der Waals surface area contributed by atoms with Crippen molar-refractivity contribution in [1.29, 1.82) is 0 Å². The van der Waals surface area contributed by atoms with Crippen molar-refractivity contribution in [3.8, 4) is 0 Å². The zero-order valence-corrected chi connectivity index (χ0v) is 7.17. The molecule has 0 spiro atoms. The van der Waals surface area contributed by atoms with Gasteiger partial charge in [0.15, 0.2) is 0 Å². The Morgan fingerprint density at radius 2 is 2.07 bits per heavy atom. The van der Waals surface area contributed by atoms with Gasteiger partial charge in [-0.1, -0.05) is 16.7 Å². The SMILES string of the molecule is Cc1noc2ncc([B-](F)(F)F)cc12. The molecule has 2 aromatic rings. The molecule has 2 aromatic heterocycles. The van der Waals surface area contributed by atoms with E-state index >= 15 is 0 Å². The summed E-state index contributed by atoms with van der Waals surface area (Å²) in [4.78, 5) is 3.53. The molecule has 2 heterocycles. The number of fused-ring (bicyclic) bond motifs is 1. The molecule has 7 heteroatoms. The van der Waals surface area contributed by atoms with Crippen molar-refractivity contribution in [2.75, 3.05) is 0 Å². The summed E-state index contributed by atoms with van der Waals surface area (Å²) in [6, 6.07) is 1.01. The van der Waals surface area contributed by atoms with Gasteiger partial charge in [0.2, 0.25) is 0 Å². The van der Waals surface area contributed by atoms with E-state index in [0.717, 1.165) is 12.3 Å². The number of hydrogen-bond acceptors (Lipinski definition) is 3. The van der Waals surface area contributed by atoms with Gasteiger partial charge < -0.3 is 17.5 Å². The Morgan fingerprint density at radius 3 is 2.71 bits per heavy atom. The predicted octanol–water partition coefficient (Wildman–Crippen LogP) is 1.59. The summed E-state index contributed by atoms with van der Waals surface area (Å²) in [5.41, 5.74) is -0.190. The summed E-state index contributed by atoms with van der Waals surface area (Å²) in [7, 11) is 0. The molecule has 0 amide bonds. The number of pyridine rings is 1. The van der Waals surface area contributed by atoms with Crippen LogP contribution in [0.3, 0.4) is 0 Å². The van der Waals surface area contributed by atoms with Crippen LogP contribution in [-0.2, 0) is 0 Å². The van der Waals surface area contributed by atoms with E-state index in [0.29, 0.717) is 11.1 Å². The van der Waals surface area contributed by atoms with Crippen LogP contribution >= 0.6 is 0 Å². The van der Waals surface area contributed by atoms with Crippen molar-refractivity contribution in [1.82, 2.24) is 10.1 Å². The molecule has 0 radical (unpaired) electrons. The number of aryl methyl sites for hydroxylation is 1. The molecular weight excluding hydrogens is 196 g/mol. The van der Waals surface area contributed by atoms with E-state index in [2.05, 4.69) is 10.1 Å². The van der Waals surface area contributed by atoms with Crippen LogP contribution in [-0.4, -0.2) is 17.1 Å². The lowest BCUT2D eigenvalue weighted by atomic mass is 9.81. The van der Waals surface area contributed by atoms with Gasteiger partial charge in [0, 0.05) is 6.20 Å². The molecule has 0 aromatic carbocycles. The summed E-state index contributed by atoms with van der Waals surface area (Å²) in [6.07, 6.45) is 0.757. The zero-order valence-electron chi connectivity index (χ0n) is 7.17. The number of halogens is 3. The molecule has 0 aliphatic carbocycles. The minimum absolute atomic E-state index is 0.131. The largest absolute Gasteiger partial charge is 0.511 e. The molecule has 0 aliphatic heterocycles. The molecule has 2 rings (SSSR count). The Labute approximate surface area is 77.0 Å². The third kappa shape index (κ3) is 1.34. The van der Waals surface area contributed by atoms with E-state index in [1.807, 2.05) is 0 Å². The van der Waals surface area contributed by atoms with E-state index < -0.39 is 12.4 Å². The lowest BCUT2D eigenvalue weighted by Gasteiger charge is -2.13. The van der Waals surface area contributed by atoms with Crippen LogP contribution in [0.2, 0.25) is 0 Å². The maximum absolute atomic E-state index is 12.3. The maximum Gasteiger partial charge on any atom is 0.511 e. The quantitative estimate of drug-likeness (QED) is 0.657. The first-order valence-electron chi connectivity index (χ1n) is 3.90. The second-order valence-electron chi connectivity index (χ2n) is 2.96. The Bertz CT molecular complexity index is 479. The van der Waals surface area contributed by atoms with Crippen LogP contribution in [0.1, 0.15) is 5.69 Å². The average molecular weight is 201 g/mol. The molecule has 0 bridgehead atoms. The summed E-state index contributed by atoms with van der Waals surface area (Å²) in [5.74, 6) is 0. The topological polar surface area (TPSA) is 38.9 Å². The Balaban J connectivity index is 2.66.